The summed E-state index contributed by atoms with van der Waals surface area (Å²) in [6.07, 6.45) is 4.17. The van der Waals surface area contributed by atoms with E-state index < -0.39 is 0 Å². The summed E-state index contributed by atoms with van der Waals surface area (Å²) in [5, 5.41) is 3.41. The first-order chi connectivity index (χ1) is 9.72. The summed E-state index contributed by atoms with van der Waals surface area (Å²) in [5.41, 5.74) is 2.27. The fourth-order valence-electron chi connectivity index (χ4n) is 2.81. The molecular weight excluding hydrogens is 277 g/mol. The van der Waals surface area contributed by atoms with Crippen LogP contribution in [0.3, 0.4) is 0 Å². The number of amides is 1. The molecule has 0 saturated carbocycles. The number of ether oxygens (including phenoxy) is 1. The van der Waals surface area contributed by atoms with E-state index in [-0.39, 0.29) is 11.7 Å². The molecule has 4 rings (SSSR count). The Morgan fingerprint density at radius 1 is 1.25 bits per heavy atom. The zero-order valence-corrected chi connectivity index (χ0v) is 11.5. The molecule has 0 spiro atoms. The number of anilines is 1. The van der Waals surface area contributed by atoms with Gasteiger partial charge < -0.3 is 10.1 Å². The number of fused-ring (bicyclic) bond motifs is 4. The molecule has 0 fully saturated rings. The van der Waals surface area contributed by atoms with Crippen molar-refractivity contribution >= 4 is 22.9 Å². The van der Waals surface area contributed by atoms with Crippen LogP contribution in [0.5, 0.6) is 10.8 Å². The van der Waals surface area contributed by atoms with Crippen LogP contribution in [0.25, 0.3) is 0 Å². The monoisotopic (exact) mass is 289 g/mol. The fraction of sp³-hybridized carbons (Fsp3) is 0.267. The summed E-state index contributed by atoms with van der Waals surface area (Å²) >= 11 is 1.52. The molecule has 0 radical (unpaired) electrons. The van der Waals surface area contributed by atoms with E-state index in [4.69, 9.17) is 4.74 Å². The number of aryl methyl sites for hydroxylation is 1. The van der Waals surface area contributed by atoms with Gasteiger partial charge in [-0.25, -0.2) is 4.39 Å². The van der Waals surface area contributed by atoms with E-state index >= 15 is 0 Å². The zero-order valence-electron chi connectivity index (χ0n) is 10.7. The third-order valence-electron chi connectivity index (χ3n) is 3.76. The van der Waals surface area contributed by atoms with Crippen molar-refractivity contribution in [1.29, 1.82) is 0 Å². The van der Waals surface area contributed by atoms with Crippen molar-refractivity contribution in [3.63, 3.8) is 0 Å². The average Bonchev–Trinajstić information content (AvgIpc) is 2.73. The summed E-state index contributed by atoms with van der Waals surface area (Å²) in [7, 11) is 0. The molecular formula is C15H12FNO2S. The summed E-state index contributed by atoms with van der Waals surface area (Å²) in [5.74, 6) is -0.150. The van der Waals surface area contributed by atoms with E-state index in [2.05, 4.69) is 5.32 Å². The van der Waals surface area contributed by atoms with Gasteiger partial charge in [0.25, 0.3) is 5.91 Å². The fourth-order valence-corrected chi connectivity index (χ4v) is 4.06. The predicted molar refractivity (Wildman–Crippen MR) is 75.4 cm³/mol. The average molecular weight is 289 g/mol. The van der Waals surface area contributed by atoms with Crippen LogP contribution in [-0.4, -0.2) is 5.91 Å². The number of carbonyl (C=O) groups is 1. The molecule has 0 bridgehead atoms. The topological polar surface area (TPSA) is 38.3 Å². The molecule has 1 amide bonds. The minimum absolute atomic E-state index is 0.148. The van der Waals surface area contributed by atoms with Gasteiger partial charge in [0.1, 0.15) is 5.82 Å². The van der Waals surface area contributed by atoms with Crippen molar-refractivity contribution in [1.82, 2.24) is 0 Å². The van der Waals surface area contributed by atoms with Crippen molar-refractivity contribution in [2.24, 2.45) is 0 Å². The molecule has 1 aromatic heterocycles. The van der Waals surface area contributed by atoms with E-state index in [1.54, 1.807) is 0 Å². The quantitative estimate of drug-likeness (QED) is 0.792. The molecule has 0 saturated heterocycles. The van der Waals surface area contributed by atoms with E-state index in [1.807, 2.05) is 0 Å². The van der Waals surface area contributed by atoms with Crippen LogP contribution in [0.1, 0.15) is 33.6 Å². The highest BCUT2D eigenvalue weighted by molar-refractivity contribution is 7.14. The van der Waals surface area contributed by atoms with Gasteiger partial charge in [0.15, 0.2) is 10.8 Å². The number of rotatable bonds is 0. The first kappa shape index (κ1) is 11.9. The molecule has 1 aliphatic heterocycles. The molecule has 3 nitrogen and oxygen atoms in total. The Bertz CT molecular complexity index is 723. The number of nitrogens with one attached hydrogen (secondary N) is 1. The number of thiophene rings is 1. The highest BCUT2D eigenvalue weighted by atomic mass is 32.1. The lowest BCUT2D eigenvalue weighted by Crippen LogP contribution is -2.13. The first-order valence-electron chi connectivity index (χ1n) is 6.65. The van der Waals surface area contributed by atoms with Crippen LogP contribution in [0.4, 0.5) is 10.1 Å². The number of hydrogen-bond donors (Lipinski definition) is 1. The molecule has 0 atom stereocenters. The summed E-state index contributed by atoms with van der Waals surface area (Å²) in [6.45, 7) is 0. The van der Waals surface area contributed by atoms with Gasteiger partial charge in [-0.2, -0.15) is 0 Å². The molecule has 1 aromatic carbocycles. The van der Waals surface area contributed by atoms with Crippen molar-refractivity contribution in [3.05, 3.63) is 40.0 Å². The molecule has 0 unspecified atom stereocenters. The van der Waals surface area contributed by atoms with Gasteiger partial charge in [0.05, 0.1) is 11.3 Å². The SMILES string of the molecule is O=C1Nc2ccc(F)cc2Oc2sc3c(c21)CCCC3. The Morgan fingerprint density at radius 3 is 3.00 bits per heavy atom. The summed E-state index contributed by atoms with van der Waals surface area (Å²) < 4.78 is 19.1. The number of hydrogen-bond acceptors (Lipinski definition) is 3. The maximum Gasteiger partial charge on any atom is 0.260 e. The second-order valence-corrected chi connectivity index (χ2v) is 6.14. The molecule has 2 aliphatic rings. The third kappa shape index (κ3) is 1.73. The minimum Gasteiger partial charge on any atom is -0.444 e. The van der Waals surface area contributed by atoms with Gasteiger partial charge in [0, 0.05) is 10.9 Å². The maximum atomic E-state index is 13.3. The highest BCUT2D eigenvalue weighted by Gasteiger charge is 2.30. The number of benzene rings is 1. The third-order valence-corrected chi connectivity index (χ3v) is 4.93. The first-order valence-corrected chi connectivity index (χ1v) is 7.47. The Morgan fingerprint density at radius 2 is 2.10 bits per heavy atom. The van der Waals surface area contributed by atoms with Gasteiger partial charge in [-0.15, -0.1) is 11.3 Å². The lowest BCUT2D eigenvalue weighted by atomic mass is 9.95. The molecule has 102 valence electrons. The van der Waals surface area contributed by atoms with Crippen LogP contribution in [0, 0.1) is 5.82 Å². The van der Waals surface area contributed by atoms with Gasteiger partial charge >= 0.3 is 0 Å². The van der Waals surface area contributed by atoms with Crippen LogP contribution in [0.15, 0.2) is 18.2 Å². The smallest absolute Gasteiger partial charge is 0.260 e. The van der Waals surface area contributed by atoms with Crippen LogP contribution >= 0.6 is 11.3 Å². The normalized spacial score (nSPS) is 16.4. The molecule has 20 heavy (non-hydrogen) atoms. The van der Waals surface area contributed by atoms with Gasteiger partial charge in [-0.1, -0.05) is 0 Å². The second kappa shape index (κ2) is 4.31. The highest BCUT2D eigenvalue weighted by Crippen LogP contribution is 2.45. The standard InChI is InChI=1S/C15H12FNO2S/c16-8-5-6-10-11(7-8)19-15-13(14(18)17-10)9-3-1-2-4-12(9)20-15/h5-7H,1-4H2,(H,17,18). The Balaban J connectivity index is 1.88. The summed E-state index contributed by atoms with van der Waals surface area (Å²) in [6, 6.07) is 4.16. The van der Waals surface area contributed by atoms with Crippen LogP contribution in [-0.2, 0) is 12.8 Å². The Kier molecular flexibility index (Phi) is 2.57. The Labute approximate surface area is 119 Å². The molecule has 2 aromatic rings. The number of carbonyl (C=O) groups excluding carboxylic acids is 1. The van der Waals surface area contributed by atoms with Gasteiger partial charge in [-0.3, -0.25) is 4.79 Å². The van der Waals surface area contributed by atoms with Crippen LogP contribution in [0.2, 0.25) is 0 Å². The van der Waals surface area contributed by atoms with E-state index in [0.717, 1.165) is 31.2 Å². The van der Waals surface area contributed by atoms with E-state index in [9.17, 15) is 9.18 Å². The van der Waals surface area contributed by atoms with Gasteiger partial charge in [0.2, 0.25) is 0 Å². The van der Waals surface area contributed by atoms with Crippen LogP contribution < -0.4 is 10.1 Å². The summed E-state index contributed by atoms with van der Waals surface area (Å²) in [4.78, 5) is 13.6. The largest absolute Gasteiger partial charge is 0.444 e. The lowest BCUT2D eigenvalue weighted by Gasteiger charge is -2.11. The number of halogens is 1. The zero-order chi connectivity index (χ0) is 13.7. The minimum atomic E-state index is -0.372. The molecule has 1 N–H and O–H groups in total. The van der Waals surface area contributed by atoms with E-state index in [1.165, 1.54) is 34.4 Å². The maximum absolute atomic E-state index is 13.3. The molecule has 5 heteroatoms. The van der Waals surface area contributed by atoms with Crippen molar-refractivity contribution in [2.75, 3.05) is 5.32 Å². The van der Waals surface area contributed by atoms with Crippen molar-refractivity contribution < 1.29 is 13.9 Å². The second-order valence-electron chi connectivity index (χ2n) is 5.07. The van der Waals surface area contributed by atoms with Crippen molar-refractivity contribution in [2.45, 2.75) is 25.7 Å². The molecule has 1 aliphatic carbocycles. The Hall–Kier alpha value is -1.88. The molecule has 2 heterocycles. The predicted octanol–water partition coefficient (Wildman–Crippen LogP) is 4.12. The van der Waals surface area contributed by atoms with E-state index in [0.29, 0.717) is 22.1 Å². The van der Waals surface area contributed by atoms with Gasteiger partial charge in [-0.05, 0) is 43.4 Å². The lowest BCUT2D eigenvalue weighted by molar-refractivity contribution is 0.102. The van der Waals surface area contributed by atoms with Crippen molar-refractivity contribution in [3.8, 4) is 10.8 Å².